The molecule has 7 nitrogen and oxygen atoms in total. The molecule has 0 spiro atoms. The molecule has 2 aromatic heterocycles. The van der Waals surface area contributed by atoms with Gasteiger partial charge in [0.25, 0.3) is 5.56 Å². The van der Waals surface area contributed by atoms with E-state index >= 15 is 0 Å². The van der Waals surface area contributed by atoms with Gasteiger partial charge >= 0.3 is 0 Å². The minimum Gasteiger partial charge on any atom is -0.394 e. The van der Waals surface area contributed by atoms with Crippen molar-refractivity contribution in [2.75, 3.05) is 13.2 Å². The third-order valence-electron chi connectivity index (χ3n) is 3.53. The molecule has 110 valence electrons. The van der Waals surface area contributed by atoms with Gasteiger partial charge in [-0.2, -0.15) is 0 Å². The van der Waals surface area contributed by atoms with Crippen LogP contribution in [0, 0.1) is 5.92 Å². The zero-order valence-electron chi connectivity index (χ0n) is 11.4. The lowest BCUT2D eigenvalue weighted by molar-refractivity contribution is 0.0453. The summed E-state index contributed by atoms with van der Waals surface area (Å²) in [6.07, 6.45) is 3.20. The molecule has 0 aliphatic heterocycles. The second-order valence-electron chi connectivity index (χ2n) is 4.82. The molecule has 2 atom stereocenters. The molecule has 0 amide bonds. The maximum Gasteiger partial charge on any atom is 0.275 e. The molecule has 2 heterocycles. The Morgan fingerprint density at radius 2 is 2.25 bits per heavy atom. The van der Waals surface area contributed by atoms with Crippen molar-refractivity contribution < 1.29 is 10.2 Å². The van der Waals surface area contributed by atoms with E-state index < -0.39 is 6.10 Å². The number of nitrogens with one attached hydrogen (secondary N) is 3. The second-order valence-corrected chi connectivity index (χ2v) is 4.82. The summed E-state index contributed by atoms with van der Waals surface area (Å²) in [4.78, 5) is 21.1. The van der Waals surface area contributed by atoms with E-state index in [-0.39, 0.29) is 18.1 Å². The number of hydrogen-bond donors (Lipinski definition) is 5. The zero-order valence-corrected chi connectivity index (χ0v) is 11.4. The van der Waals surface area contributed by atoms with E-state index in [1.54, 1.807) is 6.20 Å². The molecule has 0 saturated carbocycles. The van der Waals surface area contributed by atoms with Crippen molar-refractivity contribution in [3.8, 4) is 0 Å². The molecule has 0 unspecified atom stereocenters. The van der Waals surface area contributed by atoms with Gasteiger partial charge in [0.2, 0.25) is 0 Å². The highest BCUT2D eigenvalue weighted by molar-refractivity contribution is 5.77. The third kappa shape index (κ3) is 3.06. The van der Waals surface area contributed by atoms with Crippen LogP contribution in [0.3, 0.4) is 0 Å². The van der Waals surface area contributed by atoms with Gasteiger partial charge in [-0.05, 0) is 12.3 Å². The van der Waals surface area contributed by atoms with Gasteiger partial charge in [-0.15, -0.1) is 0 Å². The summed E-state index contributed by atoms with van der Waals surface area (Å²) in [6, 6.07) is 0. The van der Waals surface area contributed by atoms with Crippen LogP contribution in [0.5, 0.6) is 0 Å². The number of aliphatic hydroxyl groups is 2. The Morgan fingerprint density at radius 1 is 1.45 bits per heavy atom. The molecule has 2 rings (SSSR count). The molecular weight excluding hydrogens is 260 g/mol. The number of aromatic amines is 2. The first-order chi connectivity index (χ1) is 9.67. The van der Waals surface area contributed by atoms with Crippen molar-refractivity contribution in [1.82, 2.24) is 20.3 Å². The number of H-pyrrole nitrogens is 2. The van der Waals surface area contributed by atoms with Gasteiger partial charge < -0.3 is 25.5 Å². The molecule has 0 radical (unpaired) electrons. The Bertz CT molecular complexity index is 607. The van der Waals surface area contributed by atoms with Crippen molar-refractivity contribution in [3.05, 3.63) is 28.4 Å². The monoisotopic (exact) mass is 280 g/mol. The van der Waals surface area contributed by atoms with Crippen LogP contribution in [0.4, 0.5) is 0 Å². The minimum atomic E-state index is -0.712. The maximum atomic E-state index is 11.5. The predicted octanol–water partition coefficient (Wildman–Crippen LogP) is -0.280. The van der Waals surface area contributed by atoms with Crippen LogP contribution in [0.1, 0.15) is 18.9 Å². The zero-order chi connectivity index (χ0) is 14.5. The second kappa shape index (κ2) is 6.65. The average molecular weight is 280 g/mol. The molecule has 5 N–H and O–H groups in total. The highest BCUT2D eigenvalue weighted by atomic mass is 16.3. The number of aromatic nitrogens is 3. The van der Waals surface area contributed by atoms with E-state index in [2.05, 4.69) is 20.3 Å². The number of rotatable bonds is 7. The number of aliphatic hydroxyl groups excluding tert-OH is 2. The average Bonchev–Trinajstić information content (AvgIpc) is 2.87. The van der Waals surface area contributed by atoms with Crippen LogP contribution in [-0.2, 0) is 6.54 Å². The first-order valence-corrected chi connectivity index (χ1v) is 6.70. The lowest BCUT2D eigenvalue weighted by Crippen LogP contribution is -2.33. The standard InChI is InChI=1S/C13H20N4O3/c1-2-8(10(19)6-18)3-14-4-9-5-15-12-11(9)16-7-17-13(12)20/h5,7-8,10,14-15,18-19H,2-4,6H2,1H3,(H,16,17,20)/t8-,10+/m0/s1. The van der Waals surface area contributed by atoms with E-state index in [1.807, 2.05) is 6.92 Å². The van der Waals surface area contributed by atoms with Crippen molar-refractivity contribution in [2.24, 2.45) is 5.92 Å². The highest BCUT2D eigenvalue weighted by Gasteiger charge is 2.16. The quantitative estimate of drug-likeness (QED) is 0.478. The first-order valence-electron chi connectivity index (χ1n) is 6.70. The van der Waals surface area contributed by atoms with E-state index in [0.717, 1.165) is 12.0 Å². The summed E-state index contributed by atoms with van der Waals surface area (Å²) in [5.74, 6) is 0.00145. The molecule has 0 fully saturated rings. The van der Waals surface area contributed by atoms with Gasteiger partial charge in [0, 0.05) is 24.8 Å². The lowest BCUT2D eigenvalue weighted by Gasteiger charge is -2.20. The van der Waals surface area contributed by atoms with Crippen molar-refractivity contribution in [3.63, 3.8) is 0 Å². The molecule has 7 heteroatoms. The van der Waals surface area contributed by atoms with Crippen LogP contribution < -0.4 is 10.9 Å². The Labute approximate surface area is 116 Å². The molecule has 0 aromatic carbocycles. The highest BCUT2D eigenvalue weighted by Crippen LogP contribution is 2.12. The molecule has 0 bridgehead atoms. The summed E-state index contributed by atoms with van der Waals surface area (Å²) in [6.45, 7) is 2.88. The fraction of sp³-hybridized carbons (Fsp3) is 0.538. The fourth-order valence-corrected chi connectivity index (χ4v) is 2.23. The fourth-order valence-electron chi connectivity index (χ4n) is 2.23. The summed E-state index contributed by atoms with van der Waals surface area (Å²) < 4.78 is 0. The Kier molecular flexibility index (Phi) is 4.89. The van der Waals surface area contributed by atoms with Gasteiger partial charge in [-0.3, -0.25) is 4.79 Å². The van der Waals surface area contributed by atoms with Crippen LogP contribution in [0.25, 0.3) is 11.0 Å². The number of fused-ring (bicyclic) bond motifs is 1. The number of nitrogens with zero attached hydrogens (tertiary/aromatic N) is 1. The third-order valence-corrected chi connectivity index (χ3v) is 3.53. The minimum absolute atomic E-state index is 0.00145. The Morgan fingerprint density at radius 3 is 2.95 bits per heavy atom. The van der Waals surface area contributed by atoms with Crippen LogP contribution in [0.15, 0.2) is 17.3 Å². The van der Waals surface area contributed by atoms with Gasteiger partial charge in [-0.1, -0.05) is 6.92 Å². The SMILES string of the molecule is CC[C@@H](CNCc1c[nH]c2c(=O)[nH]cnc12)[C@H](O)CO. The summed E-state index contributed by atoms with van der Waals surface area (Å²) in [7, 11) is 0. The van der Waals surface area contributed by atoms with E-state index in [0.29, 0.717) is 24.1 Å². The van der Waals surface area contributed by atoms with E-state index in [1.165, 1.54) is 6.33 Å². The molecule has 0 saturated heterocycles. The van der Waals surface area contributed by atoms with Crippen LogP contribution >= 0.6 is 0 Å². The normalized spacial score (nSPS) is 14.6. The molecule has 0 aliphatic rings. The molecule has 0 aliphatic carbocycles. The summed E-state index contributed by atoms with van der Waals surface area (Å²) in [5, 5.41) is 21.8. The van der Waals surface area contributed by atoms with Gasteiger partial charge in [0.05, 0.1) is 24.6 Å². The van der Waals surface area contributed by atoms with E-state index in [4.69, 9.17) is 5.11 Å². The van der Waals surface area contributed by atoms with Gasteiger partial charge in [0.15, 0.2) is 0 Å². The van der Waals surface area contributed by atoms with Crippen molar-refractivity contribution >= 4 is 11.0 Å². The van der Waals surface area contributed by atoms with Crippen molar-refractivity contribution in [1.29, 1.82) is 0 Å². The van der Waals surface area contributed by atoms with Crippen molar-refractivity contribution in [2.45, 2.75) is 26.0 Å². The molecular formula is C13H20N4O3. The molecule has 2 aromatic rings. The van der Waals surface area contributed by atoms with Gasteiger partial charge in [0.1, 0.15) is 5.52 Å². The van der Waals surface area contributed by atoms with Crippen LogP contribution in [0.2, 0.25) is 0 Å². The smallest absolute Gasteiger partial charge is 0.275 e. The Hall–Kier alpha value is -1.70. The summed E-state index contributed by atoms with van der Waals surface area (Å²) in [5.41, 5.74) is 1.83. The largest absolute Gasteiger partial charge is 0.394 e. The lowest BCUT2D eigenvalue weighted by atomic mass is 10.00. The topological polar surface area (TPSA) is 114 Å². The first kappa shape index (κ1) is 14.7. The maximum absolute atomic E-state index is 11.5. The molecule has 20 heavy (non-hydrogen) atoms. The van der Waals surface area contributed by atoms with Crippen LogP contribution in [-0.4, -0.2) is 44.4 Å². The van der Waals surface area contributed by atoms with Gasteiger partial charge in [-0.25, -0.2) is 4.98 Å². The van der Waals surface area contributed by atoms with E-state index in [9.17, 15) is 9.90 Å². The number of hydrogen-bond acceptors (Lipinski definition) is 5. The summed E-state index contributed by atoms with van der Waals surface area (Å²) >= 11 is 0. The Balaban J connectivity index is 2.00. The predicted molar refractivity (Wildman–Crippen MR) is 75.3 cm³/mol.